The molecular weight excluding hydrogens is 170 g/mol. The molecule has 4 heteroatoms. The number of hydrogen-bond donors (Lipinski definition) is 2. The molecule has 1 aliphatic heterocycles. The van der Waals surface area contributed by atoms with Crippen molar-refractivity contribution >= 4 is 11.9 Å². The smallest absolute Gasteiger partial charge is 0.326 e. The van der Waals surface area contributed by atoms with Crippen LogP contribution in [0, 0.1) is 5.92 Å². The van der Waals surface area contributed by atoms with Gasteiger partial charge in [0.1, 0.15) is 6.04 Å². The molecule has 1 rings (SSSR count). The molecule has 2 atom stereocenters. The number of carbonyl (C=O) groups excluding carboxylic acids is 1. The Kier molecular flexibility index (Phi) is 3.28. The molecule has 0 aliphatic carbocycles. The molecule has 1 heterocycles. The second-order valence-electron chi connectivity index (χ2n) is 3.49. The van der Waals surface area contributed by atoms with E-state index in [0.29, 0.717) is 6.42 Å². The van der Waals surface area contributed by atoms with Gasteiger partial charge >= 0.3 is 5.97 Å². The van der Waals surface area contributed by atoms with Gasteiger partial charge in [-0.3, -0.25) is 4.79 Å². The fourth-order valence-electron chi connectivity index (χ4n) is 1.70. The molecule has 1 fully saturated rings. The van der Waals surface area contributed by atoms with Crippen molar-refractivity contribution in [2.75, 3.05) is 0 Å². The molecule has 0 bridgehead atoms. The third-order valence-corrected chi connectivity index (χ3v) is 2.43. The van der Waals surface area contributed by atoms with E-state index in [4.69, 9.17) is 5.11 Å². The summed E-state index contributed by atoms with van der Waals surface area (Å²) in [6.07, 6.45) is 3.23. The van der Waals surface area contributed by atoms with Crippen molar-refractivity contribution < 1.29 is 14.7 Å². The molecule has 0 aromatic carbocycles. The van der Waals surface area contributed by atoms with E-state index in [1.807, 2.05) is 0 Å². The van der Waals surface area contributed by atoms with Crippen LogP contribution in [-0.2, 0) is 9.59 Å². The van der Waals surface area contributed by atoms with E-state index in [1.54, 1.807) is 0 Å². The largest absolute Gasteiger partial charge is 0.480 e. The fraction of sp³-hybridized carbons (Fsp3) is 0.778. The average Bonchev–Trinajstić information content (AvgIpc) is 2.43. The van der Waals surface area contributed by atoms with E-state index in [-0.39, 0.29) is 11.8 Å². The molecule has 0 saturated carbocycles. The minimum absolute atomic E-state index is 0.00931. The minimum atomic E-state index is -0.910. The maximum atomic E-state index is 11.0. The summed E-state index contributed by atoms with van der Waals surface area (Å²) in [6.45, 7) is 2.06. The second kappa shape index (κ2) is 4.25. The SMILES string of the molecule is CCCC[C@H]1CC(=O)N[C@@H]1C(=O)O. The van der Waals surface area contributed by atoms with Crippen molar-refractivity contribution in [2.45, 2.75) is 38.6 Å². The number of amides is 1. The standard InChI is InChI=1S/C9H15NO3/c1-2-3-4-6-5-7(11)10-8(6)9(12)13/h6,8H,2-5H2,1H3,(H,10,11)(H,12,13)/t6-,8-/m0/s1. The Morgan fingerprint density at radius 1 is 1.69 bits per heavy atom. The lowest BCUT2D eigenvalue weighted by Gasteiger charge is -2.13. The zero-order valence-electron chi connectivity index (χ0n) is 7.75. The number of carbonyl (C=O) groups is 2. The molecule has 1 saturated heterocycles. The first-order valence-electron chi connectivity index (χ1n) is 4.67. The number of carboxylic acid groups (broad SMARTS) is 1. The highest BCUT2D eigenvalue weighted by Crippen LogP contribution is 2.22. The fourth-order valence-corrected chi connectivity index (χ4v) is 1.70. The molecule has 74 valence electrons. The van der Waals surface area contributed by atoms with Gasteiger partial charge in [-0.05, 0) is 12.3 Å². The molecule has 4 nitrogen and oxygen atoms in total. The molecule has 13 heavy (non-hydrogen) atoms. The quantitative estimate of drug-likeness (QED) is 0.679. The van der Waals surface area contributed by atoms with Gasteiger partial charge in [0.25, 0.3) is 0 Å². The van der Waals surface area contributed by atoms with Gasteiger partial charge in [0, 0.05) is 6.42 Å². The van der Waals surface area contributed by atoms with E-state index in [9.17, 15) is 9.59 Å². The van der Waals surface area contributed by atoms with Gasteiger partial charge in [0.05, 0.1) is 0 Å². The first-order chi connectivity index (χ1) is 6.15. The summed E-state index contributed by atoms with van der Waals surface area (Å²) in [7, 11) is 0. The van der Waals surface area contributed by atoms with Gasteiger partial charge in [-0.25, -0.2) is 4.79 Å². The zero-order chi connectivity index (χ0) is 9.84. The normalized spacial score (nSPS) is 27.3. The summed E-state index contributed by atoms with van der Waals surface area (Å²) in [5.41, 5.74) is 0. The van der Waals surface area contributed by atoms with Crippen LogP contribution in [0.5, 0.6) is 0 Å². The van der Waals surface area contributed by atoms with Crippen LogP contribution in [0.3, 0.4) is 0 Å². The predicted octanol–water partition coefficient (Wildman–Crippen LogP) is 0.766. The highest BCUT2D eigenvalue weighted by molar-refractivity contribution is 5.87. The Hall–Kier alpha value is -1.06. The third-order valence-electron chi connectivity index (χ3n) is 2.43. The van der Waals surface area contributed by atoms with Crippen LogP contribution in [0.25, 0.3) is 0 Å². The molecule has 0 radical (unpaired) electrons. The highest BCUT2D eigenvalue weighted by Gasteiger charge is 2.36. The van der Waals surface area contributed by atoms with Crippen LogP contribution < -0.4 is 5.32 Å². The summed E-state index contributed by atoms with van der Waals surface area (Å²) < 4.78 is 0. The molecule has 1 amide bonds. The summed E-state index contributed by atoms with van der Waals surface area (Å²) in [5, 5.41) is 11.3. The Morgan fingerprint density at radius 3 is 2.92 bits per heavy atom. The summed E-state index contributed by atoms with van der Waals surface area (Å²) >= 11 is 0. The van der Waals surface area contributed by atoms with Crippen LogP contribution >= 0.6 is 0 Å². The van der Waals surface area contributed by atoms with E-state index in [0.717, 1.165) is 19.3 Å². The van der Waals surface area contributed by atoms with Gasteiger partial charge < -0.3 is 10.4 Å². The van der Waals surface area contributed by atoms with Crippen molar-refractivity contribution in [1.29, 1.82) is 0 Å². The molecule has 0 spiro atoms. The third kappa shape index (κ3) is 2.44. The van der Waals surface area contributed by atoms with Crippen molar-refractivity contribution in [3.63, 3.8) is 0 Å². The maximum Gasteiger partial charge on any atom is 0.326 e. The molecule has 0 aromatic rings. The van der Waals surface area contributed by atoms with Crippen LogP contribution in [0.2, 0.25) is 0 Å². The topological polar surface area (TPSA) is 66.4 Å². The molecule has 1 aliphatic rings. The number of nitrogens with one attached hydrogen (secondary N) is 1. The van der Waals surface area contributed by atoms with Crippen LogP contribution in [-0.4, -0.2) is 23.0 Å². The Morgan fingerprint density at radius 2 is 2.38 bits per heavy atom. The molecule has 0 aromatic heterocycles. The summed E-state index contributed by atoms with van der Waals surface area (Å²) in [5.74, 6) is -1.05. The number of hydrogen-bond acceptors (Lipinski definition) is 2. The Labute approximate surface area is 77.3 Å². The van der Waals surface area contributed by atoms with Gasteiger partial charge in [0.2, 0.25) is 5.91 Å². The van der Waals surface area contributed by atoms with E-state index < -0.39 is 12.0 Å². The average molecular weight is 185 g/mol. The van der Waals surface area contributed by atoms with Crippen LogP contribution in [0.15, 0.2) is 0 Å². The first kappa shape index (κ1) is 10.0. The van der Waals surface area contributed by atoms with E-state index in [1.165, 1.54) is 0 Å². The lowest BCUT2D eigenvalue weighted by Crippen LogP contribution is -2.36. The first-order valence-corrected chi connectivity index (χ1v) is 4.67. The summed E-state index contributed by atoms with van der Waals surface area (Å²) in [4.78, 5) is 21.7. The van der Waals surface area contributed by atoms with Crippen LogP contribution in [0.1, 0.15) is 32.6 Å². The monoisotopic (exact) mass is 185 g/mol. The van der Waals surface area contributed by atoms with Gasteiger partial charge in [-0.15, -0.1) is 0 Å². The highest BCUT2D eigenvalue weighted by atomic mass is 16.4. The number of carboxylic acids is 1. The number of unbranched alkanes of at least 4 members (excludes halogenated alkanes) is 1. The molecule has 2 N–H and O–H groups in total. The molecular formula is C9H15NO3. The van der Waals surface area contributed by atoms with E-state index in [2.05, 4.69) is 12.2 Å². The van der Waals surface area contributed by atoms with Crippen molar-refractivity contribution in [2.24, 2.45) is 5.92 Å². The lowest BCUT2D eigenvalue weighted by molar-refractivity contribution is -0.140. The van der Waals surface area contributed by atoms with Crippen LogP contribution in [0.4, 0.5) is 0 Å². The number of rotatable bonds is 4. The van der Waals surface area contributed by atoms with Gasteiger partial charge in [-0.1, -0.05) is 19.8 Å². The lowest BCUT2D eigenvalue weighted by atomic mass is 9.94. The van der Waals surface area contributed by atoms with Crippen molar-refractivity contribution in [3.05, 3.63) is 0 Å². The van der Waals surface area contributed by atoms with Crippen molar-refractivity contribution in [1.82, 2.24) is 5.32 Å². The molecule has 0 unspecified atom stereocenters. The summed E-state index contributed by atoms with van der Waals surface area (Å²) in [6, 6.07) is -0.654. The second-order valence-corrected chi connectivity index (χ2v) is 3.49. The Balaban J connectivity index is 2.50. The minimum Gasteiger partial charge on any atom is -0.480 e. The predicted molar refractivity (Wildman–Crippen MR) is 47.2 cm³/mol. The number of aliphatic carboxylic acids is 1. The van der Waals surface area contributed by atoms with Crippen molar-refractivity contribution in [3.8, 4) is 0 Å². The van der Waals surface area contributed by atoms with E-state index >= 15 is 0 Å². The Bertz CT molecular complexity index is 215. The zero-order valence-corrected chi connectivity index (χ0v) is 7.75. The van der Waals surface area contributed by atoms with Gasteiger partial charge in [0.15, 0.2) is 0 Å². The van der Waals surface area contributed by atoms with Gasteiger partial charge in [-0.2, -0.15) is 0 Å². The maximum absolute atomic E-state index is 11.0.